The van der Waals surface area contributed by atoms with Gasteiger partial charge in [0, 0.05) is 46.4 Å². The average Bonchev–Trinajstić information content (AvgIpc) is 3.30. The van der Waals surface area contributed by atoms with Gasteiger partial charge in [-0.3, -0.25) is 0 Å². The molecule has 7 heteroatoms. The Hall–Kier alpha value is -3.35. The predicted molar refractivity (Wildman–Crippen MR) is 117 cm³/mol. The minimum atomic E-state index is -0.210. The molecule has 1 aromatic heterocycles. The van der Waals surface area contributed by atoms with Gasteiger partial charge < -0.3 is 28.3 Å². The van der Waals surface area contributed by atoms with E-state index in [4.69, 9.17) is 23.4 Å². The number of hydrogen-bond donors (Lipinski definition) is 0. The molecule has 1 aliphatic heterocycles. The zero-order chi connectivity index (χ0) is 21.7. The molecule has 0 fully saturated rings. The molecule has 0 amide bonds. The van der Waals surface area contributed by atoms with Crippen LogP contribution in [0.25, 0.3) is 11.0 Å². The molecule has 1 aliphatic carbocycles. The molecule has 2 heterocycles. The first-order valence-electron chi connectivity index (χ1n) is 10.3. The molecular weight excluding hydrogens is 398 g/mol. The summed E-state index contributed by atoms with van der Waals surface area (Å²) in [6.07, 6.45) is 2.69. The lowest BCUT2D eigenvalue weighted by molar-refractivity contribution is 0.286. The van der Waals surface area contributed by atoms with Crippen LogP contribution in [0.1, 0.15) is 28.7 Å². The van der Waals surface area contributed by atoms with Crippen LogP contribution in [0.3, 0.4) is 0 Å². The summed E-state index contributed by atoms with van der Waals surface area (Å²) in [5.74, 6) is 2.53. The van der Waals surface area contributed by atoms with E-state index in [0.29, 0.717) is 36.1 Å². The highest BCUT2D eigenvalue weighted by Crippen LogP contribution is 2.43. The summed E-state index contributed by atoms with van der Waals surface area (Å²) in [4.78, 5) is 14.5. The van der Waals surface area contributed by atoms with Gasteiger partial charge in [0.05, 0.1) is 21.3 Å². The van der Waals surface area contributed by atoms with Gasteiger partial charge in [-0.2, -0.15) is 0 Å². The third-order valence-corrected chi connectivity index (χ3v) is 6.26. The number of hydrogen-bond acceptors (Lipinski definition) is 7. The summed E-state index contributed by atoms with van der Waals surface area (Å²) in [5, 5.41) is 1.03. The molecule has 0 radical (unpaired) electrons. The fraction of sp³-hybridized carbons (Fsp3) is 0.375. The standard InChI is InChI=1S/C24H25NO6/c1-13-21-14(8-18-16-6-5-7-17(16)24(26)31-22(13)18)11-25(12-30-21)15-9-19(27-2)23(29-4)20(10-15)28-3/h8-10H,5-7,11-12H2,1-4H3. The van der Waals surface area contributed by atoms with Crippen LogP contribution >= 0.6 is 0 Å². The van der Waals surface area contributed by atoms with Crippen molar-refractivity contribution in [2.24, 2.45) is 0 Å². The molecule has 5 rings (SSSR count). The van der Waals surface area contributed by atoms with E-state index in [9.17, 15) is 4.79 Å². The highest BCUT2D eigenvalue weighted by Gasteiger charge is 2.27. The maximum absolute atomic E-state index is 12.4. The molecule has 2 aromatic carbocycles. The van der Waals surface area contributed by atoms with Gasteiger partial charge in [-0.25, -0.2) is 4.79 Å². The number of rotatable bonds is 4. The second kappa shape index (κ2) is 7.41. The number of benzene rings is 2. The van der Waals surface area contributed by atoms with Gasteiger partial charge in [-0.05, 0) is 37.8 Å². The summed E-state index contributed by atoms with van der Waals surface area (Å²) < 4.78 is 28.3. The summed E-state index contributed by atoms with van der Waals surface area (Å²) in [5.41, 5.74) is 5.23. The van der Waals surface area contributed by atoms with Crippen molar-refractivity contribution in [1.29, 1.82) is 0 Å². The topological polar surface area (TPSA) is 70.4 Å². The zero-order valence-electron chi connectivity index (χ0n) is 18.2. The monoisotopic (exact) mass is 423 g/mol. The molecule has 2 aliphatic rings. The highest BCUT2D eigenvalue weighted by atomic mass is 16.5. The maximum Gasteiger partial charge on any atom is 0.339 e. The van der Waals surface area contributed by atoms with Crippen LogP contribution < -0.4 is 29.5 Å². The van der Waals surface area contributed by atoms with Crippen molar-refractivity contribution in [3.05, 3.63) is 50.9 Å². The number of anilines is 1. The Morgan fingerprint density at radius 1 is 0.968 bits per heavy atom. The normalized spacial score (nSPS) is 14.8. The SMILES string of the molecule is COc1cc(N2COc3c(cc4c5c(c(=O)oc4c3C)CCC5)C2)cc(OC)c1OC. The van der Waals surface area contributed by atoms with E-state index in [1.54, 1.807) is 21.3 Å². The zero-order valence-corrected chi connectivity index (χ0v) is 18.2. The molecule has 162 valence electrons. The smallest absolute Gasteiger partial charge is 0.339 e. The Bertz CT molecular complexity index is 1220. The van der Waals surface area contributed by atoms with Crippen molar-refractivity contribution < 1.29 is 23.4 Å². The minimum absolute atomic E-state index is 0.210. The van der Waals surface area contributed by atoms with E-state index in [-0.39, 0.29) is 5.63 Å². The Morgan fingerprint density at radius 2 is 1.68 bits per heavy atom. The molecule has 0 saturated heterocycles. The maximum atomic E-state index is 12.4. The van der Waals surface area contributed by atoms with Gasteiger partial charge in [-0.1, -0.05) is 0 Å². The quantitative estimate of drug-likeness (QED) is 0.588. The third kappa shape index (κ3) is 2.99. The summed E-state index contributed by atoms with van der Waals surface area (Å²) in [6, 6.07) is 5.95. The first kappa shape index (κ1) is 19.6. The molecule has 0 spiro atoms. The largest absolute Gasteiger partial charge is 0.493 e. The molecule has 0 atom stereocenters. The van der Waals surface area contributed by atoms with Crippen molar-refractivity contribution in [3.8, 4) is 23.0 Å². The molecule has 0 unspecified atom stereocenters. The summed E-state index contributed by atoms with van der Waals surface area (Å²) >= 11 is 0. The van der Waals surface area contributed by atoms with E-state index in [1.165, 1.54) is 0 Å². The van der Waals surface area contributed by atoms with Crippen LogP contribution in [0.4, 0.5) is 5.69 Å². The predicted octanol–water partition coefficient (Wildman–Crippen LogP) is 3.97. The van der Waals surface area contributed by atoms with E-state index < -0.39 is 0 Å². The van der Waals surface area contributed by atoms with E-state index >= 15 is 0 Å². The van der Waals surface area contributed by atoms with Gasteiger partial charge >= 0.3 is 5.63 Å². The lowest BCUT2D eigenvalue weighted by Gasteiger charge is -2.32. The molecule has 3 aromatic rings. The minimum Gasteiger partial charge on any atom is -0.493 e. The Morgan fingerprint density at radius 3 is 2.35 bits per heavy atom. The molecule has 0 saturated carbocycles. The van der Waals surface area contributed by atoms with Crippen LogP contribution in [-0.4, -0.2) is 28.1 Å². The second-order valence-electron chi connectivity index (χ2n) is 7.92. The number of nitrogens with zero attached hydrogens (tertiary/aromatic N) is 1. The van der Waals surface area contributed by atoms with Crippen molar-refractivity contribution in [2.75, 3.05) is 33.0 Å². The van der Waals surface area contributed by atoms with Gasteiger partial charge in [0.1, 0.15) is 11.3 Å². The third-order valence-electron chi connectivity index (χ3n) is 6.26. The highest BCUT2D eigenvalue weighted by molar-refractivity contribution is 5.88. The first-order valence-corrected chi connectivity index (χ1v) is 10.3. The Labute approximate surface area is 180 Å². The molecule has 31 heavy (non-hydrogen) atoms. The van der Waals surface area contributed by atoms with Gasteiger partial charge in [0.15, 0.2) is 18.2 Å². The fourth-order valence-corrected chi connectivity index (χ4v) is 4.76. The number of fused-ring (bicyclic) bond motifs is 4. The lowest BCUT2D eigenvalue weighted by atomic mass is 9.99. The molecule has 7 nitrogen and oxygen atoms in total. The average molecular weight is 423 g/mol. The fourth-order valence-electron chi connectivity index (χ4n) is 4.76. The lowest BCUT2D eigenvalue weighted by Crippen LogP contribution is -2.32. The van der Waals surface area contributed by atoms with Crippen molar-refractivity contribution in [3.63, 3.8) is 0 Å². The van der Waals surface area contributed by atoms with Crippen LogP contribution in [0, 0.1) is 6.92 Å². The molecular formula is C24H25NO6. The number of methoxy groups -OCH3 is 3. The van der Waals surface area contributed by atoms with Gasteiger partial charge in [0.25, 0.3) is 0 Å². The van der Waals surface area contributed by atoms with Gasteiger partial charge in [-0.15, -0.1) is 0 Å². The second-order valence-corrected chi connectivity index (χ2v) is 7.92. The van der Waals surface area contributed by atoms with E-state index in [2.05, 4.69) is 11.0 Å². The van der Waals surface area contributed by atoms with Crippen molar-refractivity contribution in [1.82, 2.24) is 0 Å². The van der Waals surface area contributed by atoms with Crippen LogP contribution in [-0.2, 0) is 19.4 Å². The summed E-state index contributed by atoms with van der Waals surface area (Å²) in [7, 11) is 4.80. The first-order chi connectivity index (χ1) is 15.0. The number of ether oxygens (including phenoxy) is 4. The summed E-state index contributed by atoms with van der Waals surface area (Å²) in [6.45, 7) is 2.96. The van der Waals surface area contributed by atoms with Crippen LogP contribution in [0.5, 0.6) is 23.0 Å². The molecule has 0 N–H and O–H groups in total. The van der Waals surface area contributed by atoms with Crippen molar-refractivity contribution >= 4 is 16.7 Å². The Kier molecular flexibility index (Phi) is 4.68. The van der Waals surface area contributed by atoms with E-state index in [1.807, 2.05) is 19.1 Å². The Balaban J connectivity index is 1.60. The van der Waals surface area contributed by atoms with Crippen LogP contribution in [0.2, 0.25) is 0 Å². The van der Waals surface area contributed by atoms with Gasteiger partial charge in [0.2, 0.25) is 5.75 Å². The number of aryl methyl sites for hydroxylation is 2. The molecule has 0 bridgehead atoms. The van der Waals surface area contributed by atoms with Crippen molar-refractivity contribution in [2.45, 2.75) is 32.7 Å². The van der Waals surface area contributed by atoms with E-state index in [0.717, 1.165) is 58.3 Å². The van der Waals surface area contributed by atoms with Crippen LogP contribution in [0.15, 0.2) is 27.4 Å².